The van der Waals surface area contributed by atoms with Gasteiger partial charge in [-0.25, -0.2) is 8.78 Å². The van der Waals surface area contributed by atoms with E-state index in [4.69, 9.17) is 9.47 Å². The average Bonchev–Trinajstić information content (AvgIpc) is 3.63. The fraction of sp³-hybridized carbons (Fsp3) is 0.308. The lowest BCUT2D eigenvalue weighted by molar-refractivity contribution is -0.157. The van der Waals surface area contributed by atoms with E-state index in [0.717, 1.165) is 34.7 Å². The molecule has 3 aromatic heterocycles. The molecule has 0 bridgehead atoms. The molecule has 2 unspecified atom stereocenters. The Bertz CT molecular complexity index is 3170. The van der Waals surface area contributed by atoms with Crippen LogP contribution in [0.3, 0.4) is 0 Å². The number of benzene rings is 3. The zero-order valence-corrected chi connectivity index (χ0v) is 41.0. The Kier molecular flexibility index (Phi) is 15.0. The zero-order chi connectivity index (χ0) is 51.5. The molecule has 21 heteroatoms. The lowest BCUT2D eigenvalue weighted by Gasteiger charge is -2.37. The number of amides is 4. The van der Waals surface area contributed by atoms with Crippen LogP contribution in [0.2, 0.25) is 0 Å². The highest BCUT2D eigenvalue weighted by Gasteiger charge is 2.47. The zero-order valence-electron chi connectivity index (χ0n) is 39.4. The molecule has 0 spiro atoms. The summed E-state index contributed by atoms with van der Waals surface area (Å²) >= 11 is 3.54. The standard InChI is InChI=1S/C28H23BrFN3O6.C24H26FN5O4/c1-2-39-28(38)20-24(34)22-23(21(29)16(14-31-22)13-15-7-9-17(30)10-8-15)32(27(20)37)11-12-33-25(35)18-5-3-4-6-19(18)26(33)36;25-17-3-1-15(2-4-17)13-16-14-28-20-21-19(16)26-6-8-30(21)24(33)18(22(20)31)23(32)27-5-7-29-9-11-34-12-10-29/h3-10,14,20,24,34H,2,11-13H2,1H3;1-4,14,26,31H,5-13H2,(H,27,32). The first-order valence-electron chi connectivity index (χ1n) is 23.6. The van der Waals surface area contributed by atoms with E-state index in [2.05, 4.69) is 41.4 Å². The van der Waals surface area contributed by atoms with E-state index in [1.54, 1.807) is 61.7 Å². The largest absolute Gasteiger partial charge is 0.505 e. The highest BCUT2D eigenvalue weighted by Crippen LogP contribution is 2.44. The van der Waals surface area contributed by atoms with Gasteiger partial charge in [0.15, 0.2) is 11.7 Å². The number of aliphatic hydroxyl groups excluding tert-OH is 1. The number of pyridine rings is 3. The van der Waals surface area contributed by atoms with Gasteiger partial charge in [0.05, 0.1) is 53.5 Å². The van der Waals surface area contributed by atoms with Crippen molar-refractivity contribution in [2.75, 3.05) is 75.9 Å². The number of halogens is 3. The molecule has 0 aliphatic carbocycles. The number of morpholine rings is 1. The van der Waals surface area contributed by atoms with E-state index >= 15 is 0 Å². The minimum atomic E-state index is -1.57. The maximum absolute atomic E-state index is 13.6. The number of aromatic nitrogens is 3. The molecule has 4 aliphatic rings. The topological polar surface area (TPSA) is 226 Å². The first kappa shape index (κ1) is 50.5. The van der Waals surface area contributed by atoms with Crippen molar-refractivity contribution in [3.8, 4) is 5.75 Å². The van der Waals surface area contributed by atoms with E-state index in [1.165, 1.54) is 39.9 Å². The van der Waals surface area contributed by atoms with Gasteiger partial charge in [-0.2, -0.15) is 0 Å². The van der Waals surface area contributed by atoms with E-state index in [0.29, 0.717) is 73.5 Å². The minimum absolute atomic E-state index is 0.00492. The summed E-state index contributed by atoms with van der Waals surface area (Å²) in [6.07, 6.45) is 2.37. The molecule has 378 valence electrons. The smallest absolute Gasteiger partial charge is 0.321 e. The summed E-state index contributed by atoms with van der Waals surface area (Å²) in [7, 11) is 0. The number of rotatable bonds is 13. The number of nitrogens with one attached hydrogen (secondary N) is 2. The van der Waals surface area contributed by atoms with Gasteiger partial charge < -0.3 is 39.8 Å². The monoisotopic (exact) mass is 1060 g/mol. The Morgan fingerprint density at radius 3 is 2.07 bits per heavy atom. The van der Waals surface area contributed by atoms with Gasteiger partial charge in [-0.3, -0.25) is 48.5 Å². The number of carbonyl (C=O) groups excluding carboxylic acids is 5. The number of esters is 1. The number of aromatic hydroxyl groups is 1. The van der Waals surface area contributed by atoms with Crippen molar-refractivity contribution in [3.05, 3.63) is 156 Å². The van der Waals surface area contributed by atoms with Gasteiger partial charge in [-0.1, -0.05) is 36.4 Å². The first-order valence-corrected chi connectivity index (χ1v) is 24.4. The van der Waals surface area contributed by atoms with Crippen LogP contribution in [-0.2, 0) is 38.4 Å². The van der Waals surface area contributed by atoms with Crippen LogP contribution in [0.15, 0.2) is 94.5 Å². The van der Waals surface area contributed by atoms with Crippen molar-refractivity contribution in [3.63, 3.8) is 0 Å². The van der Waals surface area contributed by atoms with Crippen molar-refractivity contribution >= 4 is 67.9 Å². The lowest BCUT2D eigenvalue weighted by atomic mass is 9.91. The molecule has 10 rings (SSSR count). The number of carbonyl (C=O) groups is 5. The average molecular weight is 1060 g/mol. The minimum Gasteiger partial charge on any atom is -0.505 e. The first-order chi connectivity index (χ1) is 35.2. The summed E-state index contributed by atoms with van der Waals surface area (Å²) in [6.45, 7) is 6.02. The molecule has 6 aromatic rings. The number of aliphatic hydroxyl groups is 1. The summed E-state index contributed by atoms with van der Waals surface area (Å²) in [6, 6.07) is 18.6. The second kappa shape index (κ2) is 21.7. The number of nitrogens with zero attached hydrogens (tertiary/aromatic N) is 6. The Balaban J connectivity index is 0.000000181. The molecule has 4 aliphatic heterocycles. The molecule has 2 atom stereocenters. The van der Waals surface area contributed by atoms with Crippen LogP contribution in [0.25, 0.3) is 11.0 Å². The van der Waals surface area contributed by atoms with E-state index < -0.39 is 52.9 Å². The molecule has 3 aromatic carbocycles. The second-order valence-corrected chi connectivity index (χ2v) is 18.4. The van der Waals surface area contributed by atoms with Gasteiger partial charge in [0.2, 0.25) is 5.91 Å². The lowest BCUT2D eigenvalue weighted by Crippen LogP contribution is -2.50. The van der Waals surface area contributed by atoms with Gasteiger partial charge >= 0.3 is 5.97 Å². The number of fused-ring (bicyclic) bond motifs is 2. The predicted octanol–water partition coefficient (Wildman–Crippen LogP) is 4.75. The number of imide groups is 1. The van der Waals surface area contributed by atoms with Crippen LogP contribution in [0.4, 0.5) is 20.2 Å². The highest BCUT2D eigenvalue weighted by molar-refractivity contribution is 9.10. The quantitative estimate of drug-likeness (QED) is 0.0697. The maximum Gasteiger partial charge on any atom is 0.321 e. The molecule has 1 saturated heterocycles. The third kappa shape index (κ3) is 10.2. The van der Waals surface area contributed by atoms with Crippen molar-refractivity contribution in [2.24, 2.45) is 5.92 Å². The molecule has 7 heterocycles. The summed E-state index contributed by atoms with van der Waals surface area (Å²) in [4.78, 5) is 91.5. The van der Waals surface area contributed by atoms with Crippen LogP contribution in [-0.4, -0.2) is 130 Å². The van der Waals surface area contributed by atoms with Crippen LogP contribution in [0.5, 0.6) is 5.75 Å². The van der Waals surface area contributed by atoms with Crippen LogP contribution >= 0.6 is 15.9 Å². The molecule has 0 saturated carbocycles. The van der Waals surface area contributed by atoms with Crippen molar-refractivity contribution in [1.82, 2.24) is 29.7 Å². The SMILES string of the molecule is CCOC(=O)C1C(=O)N(CCN2C(=O)c3ccccc3C2=O)c2c(ncc(Cc3ccc(F)cc3)c2Br)C1O.O=C(NCCN1CCOCC1)c1c(O)c2ncc(Cc3ccc(F)cc3)c3c2n(c1=O)CCN3. The van der Waals surface area contributed by atoms with E-state index in [9.17, 15) is 47.8 Å². The third-order valence-corrected chi connectivity index (χ3v) is 14.0. The van der Waals surface area contributed by atoms with Gasteiger partial charge in [0.1, 0.15) is 28.8 Å². The summed E-state index contributed by atoms with van der Waals surface area (Å²) < 4.78 is 39.0. The Labute approximate surface area is 424 Å². The van der Waals surface area contributed by atoms with Gasteiger partial charge in [0.25, 0.3) is 23.3 Å². The Morgan fingerprint density at radius 1 is 0.836 bits per heavy atom. The van der Waals surface area contributed by atoms with Gasteiger partial charge in [-0.05, 0) is 75.9 Å². The van der Waals surface area contributed by atoms with Crippen molar-refractivity contribution < 1.29 is 52.4 Å². The van der Waals surface area contributed by atoms with Crippen molar-refractivity contribution in [2.45, 2.75) is 32.4 Å². The molecular formula is C52H49BrF2N8O10. The van der Waals surface area contributed by atoms with Gasteiger partial charge in [-0.15, -0.1) is 0 Å². The third-order valence-electron chi connectivity index (χ3n) is 13.1. The molecule has 1 fully saturated rings. The second-order valence-electron chi connectivity index (χ2n) is 17.6. The summed E-state index contributed by atoms with van der Waals surface area (Å²) in [5, 5.41) is 28.0. The maximum atomic E-state index is 13.6. The fourth-order valence-electron chi connectivity index (χ4n) is 9.38. The fourth-order valence-corrected chi connectivity index (χ4v) is 10.0. The van der Waals surface area contributed by atoms with Crippen LogP contribution < -0.4 is 21.1 Å². The summed E-state index contributed by atoms with van der Waals surface area (Å²) in [5.41, 5.74) is 4.49. The number of hydrogen-bond acceptors (Lipinski definition) is 14. The van der Waals surface area contributed by atoms with E-state index in [1.807, 2.05) is 0 Å². The van der Waals surface area contributed by atoms with Crippen LogP contribution in [0, 0.1) is 17.6 Å². The Morgan fingerprint density at radius 2 is 1.44 bits per heavy atom. The van der Waals surface area contributed by atoms with E-state index in [-0.39, 0.29) is 64.9 Å². The molecule has 4 N–H and O–H groups in total. The molecule has 73 heavy (non-hydrogen) atoms. The predicted molar refractivity (Wildman–Crippen MR) is 265 cm³/mol. The number of hydrogen-bond donors (Lipinski definition) is 4. The summed E-state index contributed by atoms with van der Waals surface area (Å²) in [5.74, 6) is -5.90. The van der Waals surface area contributed by atoms with Gasteiger partial charge in [0, 0.05) is 87.6 Å². The molecular weight excluding hydrogens is 1010 g/mol. The molecule has 4 amide bonds. The number of anilines is 2. The van der Waals surface area contributed by atoms with Crippen LogP contribution in [0.1, 0.15) is 72.0 Å². The Hall–Kier alpha value is -7.46. The normalized spacial score (nSPS) is 17.1. The highest BCUT2D eigenvalue weighted by atomic mass is 79.9. The number of ether oxygens (including phenoxy) is 2. The molecule has 0 radical (unpaired) electrons. The van der Waals surface area contributed by atoms with Crippen molar-refractivity contribution in [1.29, 1.82) is 0 Å². The molecule has 18 nitrogen and oxygen atoms in total.